The Bertz CT molecular complexity index is 735. The number of hydrogen-bond donors (Lipinski definition) is 1. The first kappa shape index (κ1) is 15.2. The summed E-state index contributed by atoms with van der Waals surface area (Å²) in [4.78, 5) is 0. The first-order valence-corrected chi connectivity index (χ1v) is 7.86. The molecule has 3 aromatic rings. The molecular formula is C21H21NO. The number of ether oxygens (including phenoxy) is 1. The van der Waals surface area contributed by atoms with Gasteiger partial charge in [0.05, 0.1) is 0 Å². The zero-order valence-electron chi connectivity index (χ0n) is 13.3. The molecule has 1 N–H and O–H groups in total. The minimum absolute atomic E-state index is 0.586. The topological polar surface area (TPSA) is 21.3 Å². The Balaban J connectivity index is 1.57. The monoisotopic (exact) mass is 303 g/mol. The van der Waals surface area contributed by atoms with Crippen molar-refractivity contribution >= 4 is 5.69 Å². The molecule has 0 spiro atoms. The molecule has 0 radical (unpaired) electrons. The molecule has 0 unspecified atom stereocenters. The van der Waals surface area contributed by atoms with E-state index in [9.17, 15) is 0 Å². The third-order valence-corrected chi connectivity index (χ3v) is 3.70. The fourth-order valence-corrected chi connectivity index (χ4v) is 2.35. The minimum atomic E-state index is 0.586. The summed E-state index contributed by atoms with van der Waals surface area (Å²) in [5.74, 6) is 0.878. The molecule has 3 rings (SSSR count). The number of nitrogens with one attached hydrogen (secondary N) is 1. The summed E-state index contributed by atoms with van der Waals surface area (Å²) < 4.78 is 5.86. The Morgan fingerprint density at radius 1 is 0.783 bits per heavy atom. The first-order chi connectivity index (χ1) is 11.3. The maximum Gasteiger partial charge on any atom is 0.121 e. The second-order valence-electron chi connectivity index (χ2n) is 5.64. The van der Waals surface area contributed by atoms with Gasteiger partial charge in [-0.25, -0.2) is 0 Å². The number of rotatable bonds is 6. The van der Waals surface area contributed by atoms with Crippen molar-refractivity contribution in [2.75, 3.05) is 5.32 Å². The van der Waals surface area contributed by atoms with Crippen molar-refractivity contribution in [1.29, 1.82) is 0 Å². The molecular weight excluding hydrogens is 282 g/mol. The van der Waals surface area contributed by atoms with Gasteiger partial charge in [-0.1, -0.05) is 66.2 Å². The lowest BCUT2D eigenvalue weighted by atomic mass is 10.1. The molecule has 0 amide bonds. The van der Waals surface area contributed by atoms with Gasteiger partial charge in [0, 0.05) is 18.3 Å². The van der Waals surface area contributed by atoms with E-state index in [1.807, 2.05) is 36.4 Å². The number of hydrogen-bond acceptors (Lipinski definition) is 2. The van der Waals surface area contributed by atoms with Crippen molar-refractivity contribution < 1.29 is 4.74 Å². The molecule has 23 heavy (non-hydrogen) atoms. The first-order valence-electron chi connectivity index (χ1n) is 7.86. The summed E-state index contributed by atoms with van der Waals surface area (Å²) in [6.07, 6.45) is 0. The number of aryl methyl sites for hydroxylation is 1. The van der Waals surface area contributed by atoms with E-state index in [0.717, 1.165) is 18.0 Å². The summed E-state index contributed by atoms with van der Waals surface area (Å²) in [7, 11) is 0. The molecule has 0 saturated heterocycles. The smallest absolute Gasteiger partial charge is 0.121 e. The highest BCUT2D eigenvalue weighted by molar-refractivity contribution is 5.48. The van der Waals surface area contributed by atoms with Gasteiger partial charge in [0.15, 0.2) is 0 Å². The van der Waals surface area contributed by atoms with Crippen molar-refractivity contribution in [3.8, 4) is 5.75 Å². The van der Waals surface area contributed by atoms with Gasteiger partial charge in [-0.05, 0) is 30.2 Å². The molecule has 0 fully saturated rings. The average Bonchev–Trinajstić information content (AvgIpc) is 2.61. The molecule has 2 nitrogen and oxygen atoms in total. The van der Waals surface area contributed by atoms with Crippen LogP contribution in [0.4, 0.5) is 5.69 Å². The fraction of sp³-hybridized carbons (Fsp3) is 0.143. The van der Waals surface area contributed by atoms with E-state index in [2.05, 4.69) is 54.7 Å². The van der Waals surface area contributed by atoms with E-state index in [0.29, 0.717) is 6.61 Å². The van der Waals surface area contributed by atoms with Crippen molar-refractivity contribution in [1.82, 2.24) is 0 Å². The van der Waals surface area contributed by atoms with Crippen LogP contribution in [-0.2, 0) is 13.2 Å². The van der Waals surface area contributed by atoms with Crippen molar-refractivity contribution in [2.24, 2.45) is 0 Å². The van der Waals surface area contributed by atoms with Gasteiger partial charge in [-0.3, -0.25) is 0 Å². The second-order valence-corrected chi connectivity index (χ2v) is 5.64. The molecule has 0 aliphatic carbocycles. The fourth-order valence-electron chi connectivity index (χ4n) is 2.35. The van der Waals surface area contributed by atoms with Crippen LogP contribution < -0.4 is 10.1 Å². The highest BCUT2D eigenvalue weighted by Crippen LogP contribution is 2.19. The van der Waals surface area contributed by atoms with E-state index in [1.165, 1.54) is 16.7 Å². The Kier molecular flexibility index (Phi) is 4.95. The number of benzene rings is 3. The lowest BCUT2D eigenvalue weighted by Gasteiger charge is -2.10. The molecule has 0 saturated carbocycles. The molecule has 116 valence electrons. The zero-order chi connectivity index (χ0) is 15.9. The van der Waals surface area contributed by atoms with Crippen LogP contribution in [0, 0.1) is 6.92 Å². The minimum Gasteiger partial charge on any atom is -0.489 e. The van der Waals surface area contributed by atoms with Gasteiger partial charge in [-0.15, -0.1) is 0 Å². The molecule has 0 atom stereocenters. The molecule has 0 aliphatic heterocycles. The molecule has 3 aromatic carbocycles. The maximum atomic E-state index is 5.86. The third-order valence-electron chi connectivity index (χ3n) is 3.70. The van der Waals surface area contributed by atoms with Crippen LogP contribution in [0.25, 0.3) is 0 Å². The normalized spacial score (nSPS) is 10.3. The van der Waals surface area contributed by atoms with Gasteiger partial charge in [-0.2, -0.15) is 0 Å². The summed E-state index contributed by atoms with van der Waals surface area (Å²) in [6.45, 7) is 3.50. The lowest BCUT2D eigenvalue weighted by molar-refractivity contribution is 0.306. The highest BCUT2D eigenvalue weighted by Gasteiger charge is 1.99. The van der Waals surface area contributed by atoms with Gasteiger partial charge in [0.1, 0.15) is 12.4 Å². The van der Waals surface area contributed by atoms with Crippen LogP contribution >= 0.6 is 0 Å². The van der Waals surface area contributed by atoms with Crippen molar-refractivity contribution in [3.05, 3.63) is 95.6 Å². The zero-order valence-corrected chi connectivity index (χ0v) is 13.3. The standard InChI is InChI=1S/C21H21NO/c1-17-10-12-18(13-11-17)15-22-20-8-5-9-21(14-20)23-16-19-6-3-2-4-7-19/h2-14,22H,15-16H2,1H3. The van der Waals surface area contributed by atoms with Crippen LogP contribution in [0.3, 0.4) is 0 Å². The van der Waals surface area contributed by atoms with Gasteiger partial charge >= 0.3 is 0 Å². The lowest BCUT2D eigenvalue weighted by Crippen LogP contribution is -2.00. The van der Waals surface area contributed by atoms with E-state index >= 15 is 0 Å². The summed E-state index contributed by atoms with van der Waals surface area (Å²) in [5.41, 5.74) is 4.79. The Labute approximate surface area is 137 Å². The molecule has 2 heteroatoms. The van der Waals surface area contributed by atoms with E-state index < -0.39 is 0 Å². The largest absolute Gasteiger partial charge is 0.489 e. The summed E-state index contributed by atoms with van der Waals surface area (Å²) in [5, 5.41) is 3.44. The van der Waals surface area contributed by atoms with E-state index in [4.69, 9.17) is 4.74 Å². The van der Waals surface area contributed by atoms with Crippen LogP contribution in [0.5, 0.6) is 5.75 Å². The van der Waals surface area contributed by atoms with Crippen LogP contribution in [0.2, 0.25) is 0 Å². The predicted octanol–water partition coefficient (Wildman–Crippen LogP) is 5.19. The van der Waals surface area contributed by atoms with Gasteiger partial charge in [0.2, 0.25) is 0 Å². The molecule has 0 aliphatic rings. The summed E-state index contributed by atoms with van der Waals surface area (Å²) >= 11 is 0. The van der Waals surface area contributed by atoms with Gasteiger partial charge < -0.3 is 10.1 Å². The van der Waals surface area contributed by atoms with E-state index in [-0.39, 0.29) is 0 Å². The van der Waals surface area contributed by atoms with Crippen LogP contribution in [-0.4, -0.2) is 0 Å². The second kappa shape index (κ2) is 7.50. The Hall–Kier alpha value is -2.74. The maximum absolute atomic E-state index is 5.86. The predicted molar refractivity (Wildman–Crippen MR) is 95.7 cm³/mol. The third kappa shape index (κ3) is 4.62. The average molecular weight is 303 g/mol. The molecule has 0 bridgehead atoms. The summed E-state index contributed by atoms with van der Waals surface area (Å²) in [6, 6.07) is 26.9. The van der Waals surface area contributed by atoms with E-state index in [1.54, 1.807) is 0 Å². The van der Waals surface area contributed by atoms with Crippen molar-refractivity contribution in [3.63, 3.8) is 0 Å². The quantitative estimate of drug-likeness (QED) is 0.677. The van der Waals surface area contributed by atoms with Gasteiger partial charge in [0.25, 0.3) is 0 Å². The van der Waals surface area contributed by atoms with Crippen molar-refractivity contribution in [2.45, 2.75) is 20.1 Å². The van der Waals surface area contributed by atoms with Crippen LogP contribution in [0.1, 0.15) is 16.7 Å². The Morgan fingerprint density at radius 3 is 2.35 bits per heavy atom. The van der Waals surface area contributed by atoms with Crippen LogP contribution in [0.15, 0.2) is 78.9 Å². The highest BCUT2D eigenvalue weighted by atomic mass is 16.5. The Morgan fingerprint density at radius 2 is 1.57 bits per heavy atom. The molecule has 0 heterocycles. The SMILES string of the molecule is Cc1ccc(CNc2cccc(OCc3ccccc3)c2)cc1. The molecule has 0 aromatic heterocycles. The number of anilines is 1.